The highest BCUT2D eigenvalue weighted by Crippen LogP contribution is 2.37. The van der Waals surface area contributed by atoms with Crippen molar-refractivity contribution >= 4 is 48.5 Å². The first-order chi connectivity index (χ1) is 9.20. The summed E-state index contributed by atoms with van der Waals surface area (Å²) >= 11 is 7.22. The molecule has 0 fully saturated rings. The minimum atomic E-state index is 0.940. The van der Waals surface area contributed by atoms with E-state index in [0.717, 1.165) is 33.8 Å². The summed E-state index contributed by atoms with van der Waals surface area (Å²) in [6, 6.07) is 4.24. The Morgan fingerprint density at radius 2 is 2.00 bits per heavy atom. The average molecular weight is 384 g/mol. The molecule has 0 saturated carbocycles. The molecule has 19 heavy (non-hydrogen) atoms. The molecule has 0 saturated heterocycles. The Morgan fingerprint density at radius 1 is 1.21 bits per heavy atom. The number of halogens is 2. The van der Waals surface area contributed by atoms with Crippen molar-refractivity contribution in [3.8, 4) is 0 Å². The second-order valence-corrected chi connectivity index (χ2v) is 6.70. The van der Waals surface area contributed by atoms with E-state index < -0.39 is 0 Å². The number of nitrogens with one attached hydrogen (secondary N) is 1. The van der Waals surface area contributed by atoms with Gasteiger partial charge in [-0.2, -0.15) is 0 Å². The molecule has 1 heterocycles. The maximum absolute atomic E-state index is 4.89. The molecule has 0 bridgehead atoms. The van der Waals surface area contributed by atoms with Gasteiger partial charge in [0.1, 0.15) is 0 Å². The lowest BCUT2D eigenvalue weighted by Gasteiger charge is -2.21. The van der Waals surface area contributed by atoms with Gasteiger partial charge >= 0.3 is 0 Å². The Labute approximate surface area is 130 Å². The van der Waals surface area contributed by atoms with Crippen molar-refractivity contribution in [3.63, 3.8) is 0 Å². The summed E-state index contributed by atoms with van der Waals surface area (Å²) in [4.78, 5) is 4.89. The maximum Gasteiger partial charge on any atom is 0.0869 e. The number of hydrogen-bond acceptors (Lipinski definition) is 2. The standard InChI is InChI=1S/C15H16Br2N2/c1-2-18-14-10-5-3-4-6-13(10)19-15-11(14)7-9(16)8-12(15)17/h7-8H,2-6H2,1H3,(H,18,19). The molecule has 4 heteroatoms. The summed E-state index contributed by atoms with van der Waals surface area (Å²) in [6.45, 7) is 3.09. The van der Waals surface area contributed by atoms with Gasteiger partial charge in [0.15, 0.2) is 0 Å². The molecule has 1 aliphatic rings. The van der Waals surface area contributed by atoms with Crippen LogP contribution in [0.15, 0.2) is 21.1 Å². The van der Waals surface area contributed by atoms with Gasteiger partial charge in [-0.3, -0.25) is 4.98 Å². The monoisotopic (exact) mass is 382 g/mol. The Hall–Kier alpha value is -0.610. The molecule has 1 N–H and O–H groups in total. The van der Waals surface area contributed by atoms with Crippen LogP contribution in [-0.4, -0.2) is 11.5 Å². The summed E-state index contributed by atoms with van der Waals surface area (Å²) in [5.74, 6) is 0. The maximum atomic E-state index is 4.89. The number of hydrogen-bond donors (Lipinski definition) is 1. The smallest absolute Gasteiger partial charge is 0.0869 e. The first-order valence-electron chi connectivity index (χ1n) is 6.75. The zero-order valence-corrected chi connectivity index (χ0v) is 14.1. The number of rotatable bonds is 2. The van der Waals surface area contributed by atoms with Gasteiger partial charge in [-0.1, -0.05) is 15.9 Å². The topological polar surface area (TPSA) is 24.9 Å². The SMILES string of the molecule is CCNc1c2c(nc3c(Br)cc(Br)cc13)CCCC2. The lowest BCUT2D eigenvalue weighted by molar-refractivity contribution is 0.672. The van der Waals surface area contributed by atoms with Crippen LogP contribution in [0.2, 0.25) is 0 Å². The largest absolute Gasteiger partial charge is 0.384 e. The lowest BCUT2D eigenvalue weighted by Crippen LogP contribution is -2.11. The quantitative estimate of drug-likeness (QED) is 0.782. The Kier molecular flexibility index (Phi) is 3.81. The average Bonchev–Trinajstić information content (AvgIpc) is 2.40. The Balaban J connectivity index is 2.35. The van der Waals surface area contributed by atoms with E-state index in [1.54, 1.807) is 0 Å². The molecule has 0 amide bonds. The minimum absolute atomic E-state index is 0.940. The minimum Gasteiger partial charge on any atom is -0.384 e. The highest BCUT2D eigenvalue weighted by Gasteiger charge is 2.19. The van der Waals surface area contributed by atoms with Crippen LogP contribution in [-0.2, 0) is 12.8 Å². The molecule has 1 aliphatic carbocycles. The molecule has 1 aromatic heterocycles. The summed E-state index contributed by atoms with van der Waals surface area (Å²) < 4.78 is 2.15. The van der Waals surface area contributed by atoms with Gasteiger partial charge in [0.2, 0.25) is 0 Å². The molecule has 0 aliphatic heterocycles. The molecule has 0 radical (unpaired) electrons. The van der Waals surface area contributed by atoms with Crippen LogP contribution in [0.25, 0.3) is 10.9 Å². The Bertz CT molecular complexity index is 638. The van der Waals surface area contributed by atoms with E-state index in [9.17, 15) is 0 Å². The molecule has 0 spiro atoms. The Morgan fingerprint density at radius 3 is 2.79 bits per heavy atom. The molecule has 0 unspecified atom stereocenters. The molecule has 1 aromatic carbocycles. The van der Waals surface area contributed by atoms with Gasteiger partial charge in [0.05, 0.1) is 5.52 Å². The van der Waals surface area contributed by atoms with Crippen LogP contribution < -0.4 is 5.32 Å². The number of nitrogens with zero attached hydrogens (tertiary/aromatic N) is 1. The lowest BCUT2D eigenvalue weighted by atomic mass is 9.92. The highest BCUT2D eigenvalue weighted by atomic mass is 79.9. The fourth-order valence-corrected chi connectivity index (χ4v) is 4.14. The first-order valence-corrected chi connectivity index (χ1v) is 8.33. The van der Waals surface area contributed by atoms with Gasteiger partial charge in [-0.15, -0.1) is 0 Å². The van der Waals surface area contributed by atoms with Crippen molar-refractivity contribution in [2.24, 2.45) is 0 Å². The second kappa shape index (κ2) is 5.41. The van der Waals surface area contributed by atoms with Crippen LogP contribution in [0.4, 0.5) is 5.69 Å². The first kappa shape index (κ1) is 13.4. The summed E-state index contributed by atoms with van der Waals surface area (Å²) in [5.41, 5.74) is 5.05. The van der Waals surface area contributed by atoms with Crippen molar-refractivity contribution in [2.45, 2.75) is 32.6 Å². The third-order valence-electron chi connectivity index (χ3n) is 3.64. The van der Waals surface area contributed by atoms with Crippen LogP contribution in [0.3, 0.4) is 0 Å². The molecule has 2 nitrogen and oxygen atoms in total. The van der Waals surface area contributed by atoms with Crippen molar-refractivity contribution < 1.29 is 0 Å². The molecular weight excluding hydrogens is 368 g/mol. The third-order valence-corrected chi connectivity index (χ3v) is 4.70. The highest BCUT2D eigenvalue weighted by molar-refractivity contribution is 9.11. The normalized spacial score (nSPS) is 14.5. The summed E-state index contributed by atoms with van der Waals surface area (Å²) in [5, 5.41) is 4.76. The van der Waals surface area contributed by atoms with E-state index in [0.29, 0.717) is 0 Å². The van der Waals surface area contributed by atoms with Crippen LogP contribution in [0.1, 0.15) is 31.0 Å². The van der Waals surface area contributed by atoms with Gasteiger partial charge in [-0.05, 0) is 66.2 Å². The van der Waals surface area contributed by atoms with E-state index in [1.165, 1.54) is 35.2 Å². The zero-order chi connectivity index (χ0) is 13.4. The number of benzene rings is 1. The predicted octanol–water partition coefficient (Wildman–Crippen LogP) is 5.07. The summed E-state index contributed by atoms with van der Waals surface area (Å²) in [6.07, 6.45) is 4.77. The number of aromatic nitrogens is 1. The third kappa shape index (κ3) is 2.40. The number of aryl methyl sites for hydroxylation is 1. The molecule has 3 rings (SSSR count). The predicted molar refractivity (Wildman–Crippen MR) is 87.9 cm³/mol. The van der Waals surface area contributed by atoms with Crippen LogP contribution in [0.5, 0.6) is 0 Å². The molecular formula is C15H16Br2N2. The van der Waals surface area contributed by atoms with Crippen molar-refractivity contribution in [1.29, 1.82) is 0 Å². The van der Waals surface area contributed by atoms with Crippen LogP contribution in [0, 0.1) is 0 Å². The van der Waals surface area contributed by atoms with Crippen molar-refractivity contribution in [2.75, 3.05) is 11.9 Å². The number of anilines is 1. The summed E-state index contributed by atoms with van der Waals surface area (Å²) in [7, 11) is 0. The van der Waals surface area contributed by atoms with E-state index in [2.05, 4.69) is 56.2 Å². The molecule has 2 aromatic rings. The number of fused-ring (bicyclic) bond motifs is 2. The fourth-order valence-electron chi connectivity index (χ4n) is 2.83. The zero-order valence-electron chi connectivity index (χ0n) is 10.9. The van der Waals surface area contributed by atoms with Gasteiger partial charge in [0, 0.05) is 32.3 Å². The van der Waals surface area contributed by atoms with Gasteiger partial charge < -0.3 is 5.32 Å². The van der Waals surface area contributed by atoms with E-state index in [4.69, 9.17) is 4.98 Å². The molecule has 0 atom stereocenters. The van der Waals surface area contributed by atoms with E-state index in [-0.39, 0.29) is 0 Å². The second-order valence-electron chi connectivity index (χ2n) is 4.93. The van der Waals surface area contributed by atoms with E-state index in [1.807, 2.05) is 0 Å². The number of pyridine rings is 1. The molecule has 100 valence electrons. The van der Waals surface area contributed by atoms with E-state index >= 15 is 0 Å². The van der Waals surface area contributed by atoms with Gasteiger partial charge in [-0.25, -0.2) is 0 Å². The van der Waals surface area contributed by atoms with Gasteiger partial charge in [0.25, 0.3) is 0 Å². The fraction of sp³-hybridized carbons (Fsp3) is 0.400. The van der Waals surface area contributed by atoms with Crippen molar-refractivity contribution in [1.82, 2.24) is 4.98 Å². The van der Waals surface area contributed by atoms with Crippen LogP contribution >= 0.6 is 31.9 Å². The van der Waals surface area contributed by atoms with Crippen molar-refractivity contribution in [3.05, 3.63) is 32.3 Å².